The van der Waals surface area contributed by atoms with Crippen LogP contribution in [0, 0.1) is 0 Å². The normalized spacial score (nSPS) is 13.4. The summed E-state index contributed by atoms with van der Waals surface area (Å²) in [6.07, 6.45) is -9.65. The third kappa shape index (κ3) is 4.18. The van der Waals surface area contributed by atoms with Gasteiger partial charge in [0.25, 0.3) is 0 Å². The van der Waals surface area contributed by atoms with E-state index in [9.17, 15) is 26.3 Å². The molecule has 0 radical (unpaired) electrons. The predicted octanol–water partition coefficient (Wildman–Crippen LogP) is 8.62. The van der Waals surface area contributed by atoms with Gasteiger partial charge in [0.05, 0.1) is 5.57 Å². The molecule has 0 amide bonds. The molecule has 0 bridgehead atoms. The topological polar surface area (TPSA) is 13.1 Å². The Bertz CT molecular complexity index is 1080. The van der Waals surface area contributed by atoms with E-state index in [1.807, 2.05) is 0 Å². The lowest BCUT2D eigenvalue weighted by Crippen LogP contribution is -2.15. The largest absolute Gasteiger partial charge is 0.451 e. The van der Waals surface area contributed by atoms with Crippen LogP contribution < -0.4 is 0 Å². The zero-order valence-corrected chi connectivity index (χ0v) is 16.4. The van der Waals surface area contributed by atoms with Gasteiger partial charge in [-0.15, -0.1) is 0 Å². The van der Waals surface area contributed by atoms with Crippen molar-refractivity contribution in [1.29, 1.82) is 0 Å². The Morgan fingerprint density at radius 1 is 0.929 bits per heavy atom. The van der Waals surface area contributed by atoms with Crippen LogP contribution in [0.4, 0.5) is 26.3 Å². The molecule has 0 aliphatic rings. The van der Waals surface area contributed by atoms with Crippen LogP contribution in [0.25, 0.3) is 22.6 Å². The van der Waals surface area contributed by atoms with Gasteiger partial charge in [0, 0.05) is 31.5 Å². The fraction of sp³-hybridized carbons (Fsp3) is 0.111. The third-order valence-corrected chi connectivity index (χ3v) is 4.90. The van der Waals surface area contributed by atoms with Gasteiger partial charge in [-0.1, -0.05) is 45.2 Å². The van der Waals surface area contributed by atoms with E-state index in [2.05, 4.69) is 15.9 Å². The van der Waals surface area contributed by atoms with Crippen LogP contribution >= 0.6 is 39.1 Å². The van der Waals surface area contributed by atoms with Gasteiger partial charge < -0.3 is 4.42 Å². The fourth-order valence-corrected chi connectivity index (χ4v) is 3.57. The summed E-state index contributed by atoms with van der Waals surface area (Å²) in [4.78, 5) is 0. The molecular formula is C18H7BrCl2F6O. The van der Waals surface area contributed by atoms with E-state index in [4.69, 9.17) is 27.6 Å². The average molecular weight is 504 g/mol. The maximum Gasteiger partial charge on any atom is 0.450 e. The van der Waals surface area contributed by atoms with Crippen LogP contribution in [0.2, 0.25) is 10.0 Å². The summed E-state index contributed by atoms with van der Waals surface area (Å²) in [5.41, 5.74) is -3.02. The molecule has 10 heteroatoms. The second-order valence-electron chi connectivity index (χ2n) is 5.67. The molecule has 2 aromatic carbocycles. The van der Waals surface area contributed by atoms with Crippen LogP contribution in [0.3, 0.4) is 0 Å². The number of allylic oxidation sites excluding steroid dienone is 1. The van der Waals surface area contributed by atoms with Gasteiger partial charge in [-0.05, 0) is 35.9 Å². The quantitative estimate of drug-likeness (QED) is 0.319. The Hall–Kier alpha value is -1.64. The molecule has 0 aliphatic carbocycles. The summed E-state index contributed by atoms with van der Waals surface area (Å²) >= 11 is 14.6. The molecule has 0 N–H and O–H groups in total. The Labute approximate surface area is 172 Å². The molecule has 0 fully saturated rings. The lowest BCUT2D eigenvalue weighted by atomic mass is 9.98. The van der Waals surface area contributed by atoms with Crippen molar-refractivity contribution in [1.82, 2.24) is 0 Å². The summed E-state index contributed by atoms with van der Waals surface area (Å²) < 4.78 is 86.7. The van der Waals surface area contributed by atoms with E-state index in [1.54, 1.807) is 0 Å². The van der Waals surface area contributed by atoms with Crippen molar-refractivity contribution in [3.05, 3.63) is 67.8 Å². The smallest absolute Gasteiger partial charge is 0.450 e. The van der Waals surface area contributed by atoms with Gasteiger partial charge in [0.1, 0.15) is 5.58 Å². The van der Waals surface area contributed by atoms with Crippen molar-refractivity contribution >= 4 is 61.8 Å². The summed E-state index contributed by atoms with van der Waals surface area (Å²) in [6.45, 7) is 0. The van der Waals surface area contributed by atoms with E-state index >= 15 is 0 Å². The maximum atomic E-state index is 13.8. The summed E-state index contributed by atoms with van der Waals surface area (Å²) in [6, 6.07) is 7.19. The van der Waals surface area contributed by atoms with Crippen LogP contribution in [0.15, 0.2) is 45.3 Å². The minimum atomic E-state index is -5.15. The Morgan fingerprint density at radius 3 is 2.11 bits per heavy atom. The van der Waals surface area contributed by atoms with Crippen molar-refractivity contribution in [2.45, 2.75) is 12.4 Å². The molecule has 0 unspecified atom stereocenters. The highest BCUT2D eigenvalue weighted by atomic mass is 79.9. The molecular weight excluding hydrogens is 497 g/mol. The Balaban J connectivity index is 2.38. The van der Waals surface area contributed by atoms with Crippen molar-refractivity contribution < 1.29 is 30.8 Å². The zero-order valence-electron chi connectivity index (χ0n) is 13.4. The van der Waals surface area contributed by atoms with E-state index in [-0.39, 0.29) is 25.5 Å². The third-order valence-electron chi connectivity index (χ3n) is 3.75. The van der Waals surface area contributed by atoms with Crippen molar-refractivity contribution in [2.24, 2.45) is 0 Å². The van der Waals surface area contributed by atoms with Gasteiger partial charge in [-0.2, -0.15) is 26.3 Å². The maximum absolute atomic E-state index is 13.8. The highest BCUT2D eigenvalue weighted by Crippen LogP contribution is 2.47. The van der Waals surface area contributed by atoms with E-state index in [0.717, 1.165) is 12.1 Å². The van der Waals surface area contributed by atoms with Crippen molar-refractivity contribution in [2.75, 3.05) is 0 Å². The Morgan fingerprint density at radius 2 is 1.54 bits per heavy atom. The van der Waals surface area contributed by atoms with Crippen LogP contribution in [-0.2, 0) is 6.18 Å². The van der Waals surface area contributed by atoms with E-state index in [1.165, 1.54) is 24.3 Å². The number of fused-ring (bicyclic) bond motifs is 1. The summed E-state index contributed by atoms with van der Waals surface area (Å²) in [7, 11) is 0. The molecule has 148 valence electrons. The van der Waals surface area contributed by atoms with Crippen molar-refractivity contribution in [3.63, 3.8) is 0 Å². The molecule has 0 atom stereocenters. The molecule has 0 aliphatic heterocycles. The Kier molecular flexibility index (Phi) is 5.51. The van der Waals surface area contributed by atoms with Gasteiger partial charge >= 0.3 is 12.4 Å². The number of alkyl halides is 6. The first-order chi connectivity index (χ1) is 12.9. The number of halogens is 9. The SMILES string of the molecule is FC(F)(F)C(=Cc1ccc(Cl)cc1Br)c1c(C(F)(F)F)oc2cc(Cl)ccc12. The minimum Gasteiger partial charge on any atom is -0.451 e. The molecule has 0 saturated heterocycles. The van der Waals surface area contributed by atoms with Crippen molar-refractivity contribution in [3.8, 4) is 0 Å². The lowest BCUT2D eigenvalue weighted by molar-refractivity contribution is -0.152. The summed E-state index contributed by atoms with van der Waals surface area (Å²) in [5.74, 6) is -1.75. The first-order valence-corrected chi connectivity index (χ1v) is 8.96. The van der Waals surface area contributed by atoms with Crippen LogP contribution in [0.5, 0.6) is 0 Å². The number of hydrogen-bond donors (Lipinski definition) is 0. The minimum absolute atomic E-state index is 0.00633. The second-order valence-corrected chi connectivity index (χ2v) is 7.39. The van der Waals surface area contributed by atoms with E-state index in [0.29, 0.717) is 6.08 Å². The van der Waals surface area contributed by atoms with Crippen LogP contribution in [0.1, 0.15) is 16.9 Å². The summed E-state index contributed by atoms with van der Waals surface area (Å²) in [5, 5.41) is -0.0816. The highest BCUT2D eigenvalue weighted by molar-refractivity contribution is 9.10. The number of benzene rings is 2. The number of rotatable bonds is 2. The zero-order chi connectivity index (χ0) is 20.9. The standard InChI is InChI=1S/C18H7BrCl2F6O/c19-13-6-9(20)2-1-8(13)5-12(17(22,23)24)15-11-4-3-10(21)7-14(11)28-16(15)18(25,26)27/h1-7H. The predicted molar refractivity (Wildman–Crippen MR) is 99.3 cm³/mol. The molecule has 1 nitrogen and oxygen atoms in total. The first kappa shape index (κ1) is 21.1. The number of furan rings is 1. The molecule has 0 spiro atoms. The van der Waals surface area contributed by atoms with Crippen LogP contribution in [-0.4, -0.2) is 6.18 Å². The van der Waals surface area contributed by atoms with Gasteiger partial charge in [0.2, 0.25) is 5.76 Å². The molecule has 3 rings (SSSR count). The molecule has 1 heterocycles. The molecule has 3 aromatic rings. The van der Waals surface area contributed by atoms with Gasteiger partial charge in [-0.25, -0.2) is 0 Å². The second kappa shape index (κ2) is 7.31. The highest BCUT2D eigenvalue weighted by Gasteiger charge is 2.46. The fourth-order valence-electron chi connectivity index (χ4n) is 2.61. The molecule has 1 aromatic heterocycles. The lowest BCUT2D eigenvalue weighted by Gasteiger charge is -2.14. The van der Waals surface area contributed by atoms with E-state index < -0.39 is 34.8 Å². The molecule has 0 saturated carbocycles. The van der Waals surface area contributed by atoms with Gasteiger partial charge in [-0.3, -0.25) is 0 Å². The monoisotopic (exact) mass is 502 g/mol. The molecule has 28 heavy (non-hydrogen) atoms. The average Bonchev–Trinajstić information content (AvgIpc) is 2.91. The van der Waals surface area contributed by atoms with Gasteiger partial charge in [0.15, 0.2) is 0 Å². The first-order valence-electron chi connectivity index (χ1n) is 7.41. The number of hydrogen-bond acceptors (Lipinski definition) is 1.